The number of benzene rings is 2. The van der Waals surface area contributed by atoms with Crippen molar-refractivity contribution in [1.82, 2.24) is 14.2 Å². The molecule has 5 rings (SSSR count). The van der Waals surface area contributed by atoms with Crippen LogP contribution in [0.4, 0.5) is 0 Å². The molecule has 3 heterocycles. The van der Waals surface area contributed by atoms with Crippen LogP contribution in [0.1, 0.15) is 27.6 Å². The number of thiophene rings is 1. The Morgan fingerprint density at radius 2 is 1.94 bits per heavy atom. The molecule has 36 heavy (non-hydrogen) atoms. The fourth-order valence-corrected chi connectivity index (χ4v) is 7.30. The van der Waals surface area contributed by atoms with Gasteiger partial charge in [-0.25, -0.2) is 8.42 Å². The molecule has 1 atom stereocenters. The maximum absolute atomic E-state index is 13.8. The molecule has 8 heteroatoms. The Morgan fingerprint density at radius 1 is 1.14 bits per heavy atom. The summed E-state index contributed by atoms with van der Waals surface area (Å²) in [5.41, 5.74) is 3.66. The monoisotopic (exact) mass is 517 g/mol. The Morgan fingerprint density at radius 3 is 2.75 bits per heavy atom. The topological polar surface area (TPSA) is 70.6 Å². The van der Waals surface area contributed by atoms with Crippen molar-refractivity contribution in [2.24, 2.45) is 0 Å². The zero-order valence-corrected chi connectivity index (χ0v) is 21.6. The lowest BCUT2D eigenvalue weighted by molar-refractivity contribution is -0.133. The minimum Gasteiger partial charge on any atom is -0.330 e. The van der Waals surface area contributed by atoms with Crippen molar-refractivity contribution in [3.63, 3.8) is 0 Å². The first kappa shape index (κ1) is 24.4. The van der Waals surface area contributed by atoms with Crippen LogP contribution >= 0.6 is 11.3 Å². The number of para-hydroxylation sites is 1. The van der Waals surface area contributed by atoms with E-state index in [2.05, 4.69) is 23.0 Å². The van der Waals surface area contributed by atoms with E-state index in [9.17, 15) is 13.2 Å². The molecule has 0 N–H and O–H groups in total. The van der Waals surface area contributed by atoms with Crippen molar-refractivity contribution >= 4 is 38.2 Å². The molecule has 0 bridgehead atoms. The number of rotatable bonds is 7. The summed E-state index contributed by atoms with van der Waals surface area (Å²) in [5.74, 6) is -0.237. The number of hydrogen-bond donors (Lipinski definition) is 0. The van der Waals surface area contributed by atoms with Crippen molar-refractivity contribution in [3.05, 3.63) is 106 Å². The van der Waals surface area contributed by atoms with Crippen LogP contribution in [0.25, 0.3) is 10.9 Å². The zero-order valence-electron chi connectivity index (χ0n) is 20.0. The van der Waals surface area contributed by atoms with Crippen molar-refractivity contribution < 1.29 is 13.2 Å². The Bertz CT molecular complexity index is 1540. The summed E-state index contributed by atoms with van der Waals surface area (Å²) in [6.07, 6.45) is 3.83. The second-order valence-electron chi connectivity index (χ2n) is 8.81. The number of hydrogen-bond acceptors (Lipinski definition) is 5. The molecule has 0 aliphatic carbocycles. The molecule has 184 valence electrons. The molecule has 0 saturated carbocycles. The Kier molecular flexibility index (Phi) is 6.75. The average Bonchev–Trinajstić information content (AvgIpc) is 3.37. The predicted molar refractivity (Wildman–Crippen MR) is 143 cm³/mol. The van der Waals surface area contributed by atoms with Crippen LogP contribution in [0, 0.1) is 6.92 Å². The lowest BCUT2D eigenvalue weighted by Crippen LogP contribution is -2.47. The normalized spacial score (nSPS) is 15.7. The van der Waals surface area contributed by atoms with Crippen molar-refractivity contribution in [2.75, 3.05) is 19.6 Å². The third-order valence-electron chi connectivity index (χ3n) is 6.63. The van der Waals surface area contributed by atoms with E-state index in [1.165, 1.54) is 15.3 Å². The van der Waals surface area contributed by atoms with Crippen LogP contribution in [0.2, 0.25) is 0 Å². The summed E-state index contributed by atoms with van der Waals surface area (Å²) in [6.45, 7) is 6.05. The average molecular weight is 518 g/mol. The first-order valence-electron chi connectivity index (χ1n) is 11.8. The fraction of sp³-hybridized carbons (Fsp3) is 0.214. The molecule has 0 spiro atoms. The van der Waals surface area contributed by atoms with Gasteiger partial charge in [-0.05, 0) is 53.6 Å². The number of fused-ring (bicyclic) bond motifs is 2. The van der Waals surface area contributed by atoms with Crippen LogP contribution in [-0.4, -0.2) is 48.1 Å². The summed E-state index contributed by atoms with van der Waals surface area (Å²) < 4.78 is 28.8. The molecular formula is C28H27N3O3S2. The molecule has 4 aromatic rings. The Labute approximate surface area is 215 Å². The first-order valence-corrected chi connectivity index (χ1v) is 14.1. The van der Waals surface area contributed by atoms with Crippen molar-refractivity contribution in [2.45, 2.75) is 24.3 Å². The van der Waals surface area contributed by atoms with Crippen LogP contribution in [-0.2, 0) is 21.2 Å². The second kappa shape index (κ2) is 9.97. The highest BCUT2D eigenvalue weighted by atomic mass is 32.2. The van der Waals surface area contributed by atoms with Gasteiger partial charge in [0.2, 0.25) is 15.9 Å². The van der Waals surface area contributed by atoms with Crippen LogP contribution in [0.15, 0.2) is 89.8 Å². The van der Waals surface area contributed by atoms with Gasteiger partial charge in [-0.2, -0.15) is 4.31 Å². The number of aryl methyl sites for hydroxylation is 1. The summed E-state index contributed by atoms with van der Waals surface area (Å²) in [5, 5.41) is 2.79. The van der Waals surface area contributed by atoms with Gasteiger partial charge in [0.15, 0.2) is 0 Å². The highest BCUT2D eigenvalue weighted by Crippen LogP contribution is 2.39. The van der Waals surface area contributed by atoms with Gasteiger partial charge in [-0.15, -0.1) is 17.9 Å². The highest BCUT2D eigenvalue weighted by Gasteiger charge is 2.36. The predicted octanol–water partition coefficient (Wildman–Crippen LogP) is 4.96. The zero-order chi connectivity index (χ0) is 25.3. The molecule has 0 radical (unpaired) electrons. The molecule has 0 fully saturated rings. The number of nitrogens with zero attached hydrogens (tertiary/aromatic N) is 3. The van der Waals surface area contributed by atoms with Crippen molar-refractivity contribution in [1.29, 1.82) is 0 Å². The minimum atomic E-state index is -4.01. The second-order valence-corrected chi connectivity index (χ2v) is 11.7. The van der Waals surface area contributed by atoms with Gasteiger partial charge in [-0.3, -0.25) is 9.78 Å². The standard InChI is InChI=1S/C28H27N3O3S2/c1-3-16-30(36(33,34)25-12-6-9-21-10-7-15-29-27(21)25)19-26(32)31-17-13-24-23(14-18-35-24)28(31)22-11-5-4-8-20(22)2/h3-12,14-15,18,28H,1,13,16-17,19H2,2H3. The quantitative estimate of drug-likeness (QED) is 0.325. The minimum absolute atomic E-state index is 0.0177. The smallest absolute Gasteiger partial charge is 0.246 e. The van der Waals surface area contributed by atoms with Crippen LogP contribution < -0.4 is 0 Å². The lowest BCUT2D eigenvalue weighted by atomic mass is 9.90. The van der Waals surface area contributed by atoms with Gasteiger partial charge in [-0.1, -0.05) is 48.5 Å². The van der Waals surface area contributed by atoms with E-state index in [0.29, 0.717) is 12.1 Å². The summed E-state index contributed by atoms with van der Waals surface area (Å²) in [4.78, 5) is 21.3. The van der Waals surface area contributed by atoms with E-state index in [4.69, 9.17) is 0 Å². The molecule has 6 nitrogen and oxygen atoms in total. The number of carbonyl (C=O) groups is 1. The van der Waals surface area contributed by atoms with E-state index >= 15 is 0 Å². The fourth-order valence-electron chi connectivity index (χ4n) is 4.87. The number of amides is 1. The van der Waals surface area contributed by atoms with Gasteiger partial charge >= 0.3 is 0 Å². The summed E-state index contributed by atoms with van der Waals surface area (Å²) in [7, 11) is -4.01. The van der Waals surface area contributed by atoms with Gasteiger partial charge in [0.25, 0.3) is 0 Å². The van der Waals surface area contributed by atoms with Crippen molar-refractivity contribution in [3.8, 4) is 0 Å². The van der Waals surface area contributed by atoms with Gasteiger partial charge in [0, 0.05) is 29.5 Å². The summed E-state index contributed by atoms with van der Waals surface area (Å²) >= 11 is 1.70. The number of carbonyl (C=O) groups excluding carboxylic acids is 1. The van der Waals surface area contributed by atoms with E-state index in [1.807, 2.05) is 48.2 Å². The maximum atomic E-state index is 13.8. The van der Waals surface area contributed by atoms with E-state index < -0.39 is 10.0 Å². The summed E-state index contributed by atoms with van der Waals surface area (Å²) in [6, 6.07) is 18.5. The molecule has 1 amide bonds. The first-order chi connectivity index (χ1) is 17.4. The van der Waals surface area contributed by atoms with E-state index in [0.717, 1.165) is 28.5 Å². The molecular weight excluding hydrogens is 490 g/mol. The van der Waals surface area contributed by atoms with Gasteiger partial charge in [0.1, 0.15) is 4.90 Å². The van der Waals surface area contributed by atoms with E-state index in [-0.39, 0.29) is 29.9 Å². The SMILES string of the molecule is C=CCN(CC(=O)N1CCc2sccc2C1c1ccccc1C)S(=O)(=O)c1cccc2cccnc12. The third kappa shape index (κ3) is 4.36. The van der Waals surface area contributed by atoms with Crippen LogP contribution in [0.5, 0.6) is 0 Å². The molecule has 1 aliphatic rings. The molecule has 1 unspecified atom stereocenters. The molecule has 2 aromatic carbocycles. The Hall–Kier alpha value is -3.33. The highest BCUT2D eigenvalue weighted by molar-refractivity contribution is 7.89. The third-order valence-corrected chi connectivity index (χ3v) is 9.47. The number of aromatic nitrogens is 1. The Balaban J connectivity index is 1.51. The number of sulfonamides is 1. The maximum Gasteiger partial charge on any atom is 0.246 e. The molecule has 2 aromatic heterocycles. The van der Waals surface area contributed by atoms with Crippen LogP contribution in [0.3, 0.4) is 0 Å². The lowest BCUT2D eigenvalue weighted by Gasteiger charge is -2.38. The molecule has 0 saturated heterocycles. The largest absolute Gasteiger partial charge is 0.330 e. The van der Waals surface area contributed by atoms with E-state index in [1.54, 1.807) is 35.7 Å². The van der Waals surface area contributed by atoms with Gasteiger partial charge < -0.3 is 4.90 Å². The molecule has 1 aliphatic heterocycles. The number of pyridine rings is 1. The van der Waals surface area contributed by atoms with Gasteiger partial charge in [0.05, 0.1) is 18.1 Å².